The van der Waals surface area contributed by atoms with Gasteiger partial charge >= 0.3 is 0 Å². The number of rotatable bonds is 4. The molecular weight excluding hydrogens is 184 g/mol. The van der Waals surface area contributed by atoms with E-state index in [1.165, 1.54) is 7.11 Å². The number of ether oxygens (including phenoxy) is 1. The van der Waals surface area contributed by atoms with Crippen molar-refractivity contribution in [2.24, 2.45) is 0 Å². The largest absolute Gasteiger partial charge is 0.478 e. The number of hydrogen-bond acceptors (Lipinski definition) is 5. The van der Waals surface area contributed by atoms with Gasteiger partial charge < -0.3 is 14.4 Å². The van der Waals surface area contributed by atoms with Gasteiger partial charge in [0, 0.05) is 12.5 Å². The van der Waals surface area contributed by atoms with Crippen molar-refractivity contribution in [3.05, 3.63) is 11.3 Å². The number of aliphatic hydroxyl groups excluding tert-OH is 1. The highest BCUT2D eigenvalue weighted by Crippen LogP contribution is 2.28. The highest BCUT2D eigenvalue weighted by atomic mass is 16.5. The fourth-order valence-electron chi connectivity index (χ4n) is 1.19. The summed E-state index contributed by atoms with van der Waals surface area (Å²) in [6.07, 6.45) is 0.535. The summed E-state index contributed by atoms with van der Waals surface area (Å²) >= 11 is 0. The summed E-state index contributed by atoms with van der Waals surface area (Å²) in [5, 5.41) is 21.2. The second kappa shape index (κ2) is 4.63. The van der Waals surface area contributed by atoms with Gasteiger partial charge in [0.2, 0.25) is 0 Å². The second-order valence-corrected chi connectivity index (χ2v) is 2.96. The number of aliphatic hydroxyl groups is 1. The average Bonchev–Trinajstić information content (AvgIpc) is 2.60. The van der Waals surface area contributed by atoms with Crippen molar-refractivity contribution in [2.75, 3.05) is 13.7 Å². The highest BCUT2D eigenvalue weighted by Gasteiger charge is 2.21. The molecule has 1 rings (SSSR count). The Morgan fingerprint density at radius 3 is 2.93 bits per heavy atom. The van der Waals surface area contributed by atoms with Crippen LogP contribution in [0.15, 0.2) is 4.52 Å². The molecule has 76 valence electrons. The van der Waals surface area contributed by atoms with E-state index >= 15 is 0 Å². The molecule has 1 unspecified atom stereocenters. The van der Waals surface area contributed by atoms with Crippen LogP contribution in [0, 0.1) is 11.3 Å². The Kier molecular flexibility index (Phi) is 3.48. The van der Waals surface area contributed by atoms with Gasteiger partial charge in [0.1, 0.15) is 6.07 Å². The average molecular weight is 196 g/mol. The normalized spacial score (nSPS) is 12.1. The van der Waals surface area contributed by atoms with Crippen LogP contribution in [0.1, 0.15) is 30.6 Å². The van der Waals surface area contributed by atoms with E-state index in [0.717, 1.165) is 0 Å². The smallest absolute Gasteiger partial charge is 0.272 e. The molecule has 0 aromatic carbocycles. The second-order valence-electron chi connectivity index (χ2n) is 2.96. The zero-order valence-corrected chi connectivity index (χ0v) is 8.15. The Morgan fingerprint density at radius 2 is 2.43 bits per heavy atom. The lowest BCUT2D eigenvalue weighted by molar-refractivity contribution is 0.262. The standard InChI is InChI=1S/C9H12N2O3/c1-6(3-4-12)8-7(5-10)9(13-2)11-14-8/h6,12H,3-4H2,1-2H3. The summed E-state index contributed by atoms with van der Waals surface area (Å²) < 4.78 is 9.84. The molecule has 0 aliphatic rings. The molecule has 1 aromatic heterocycles. The van der Waals surface area contributed by atoms with Gasteiger partial charge in [0.15, 0.2) is 11.3 Å². The fraction of sp³-hybridized carbons (Fsp3) is 0.556. The Hall–Kier alpha value is -1.54. The third-order valence-electron chi connectivity index (χ3n) is 2.00. The van der Waals surface area contributed by atoms with Crippen LogP contribution in [0.3, 0.4) is 0 Å². The minimum atomic E-state index is -0.0361. The van der Waals surface area contributed by atoms with Crippen LogP contribution in [0.4, 0.5) is 0 Å². The molecule has 14 heavy (non-hydrogen) atoms. The van der Waals surface area contributed by atoms with Crippen molar-refractivity contribution >= 4 is 0 Å². The maximum absolute atomic E-state index is 8.84. The summed E-state index contributed by atoms with van der Waals surface area (Å²) in [5.41, 5.74) is 0.313. The van der Waals surface area contributed by atoms with Crippen LogP contribution >= 0.6 is 0 Å². The molecule has 5 nitrogen and oxygen atoms in total. The van der Waals surface area contributed by atoms with Crippen molar-refractivity contribution in [1.82, 2.24) is 5.16 Å². The molecule has 1 N–H and O–H groups in total. The summed E-state index contributed by atoms with van der Waals surface area (Å²) in [5.74, 6) is 0.636. The first-order valence-corrected chi connectivity index (χ1v) is 4.29. The zero-order chi connectivity index (χ0) is 10.6. The van der Waals surface area contributed by atoms with Crippen LogP contribution in [-0.2, 0) is 0 Å². The molecule has 1 atom stereocenters. The molecule has 1 aromatic rings. The predicted molar refractivity (Wildman–Crippen MR) is 47.9 cm³/mol. The van der Waals surface area contributed by atoms with Gasteiger partial charge in [0.05, 0.1) is 7.11 Å². The number of methoxy groups -OCH3 is 1. The maximum atomic E-state index is 8.84. The van der Waals surface area contributed by atoms with E-state index in [0.29, 0.717) is 17.7 Å². The van der Waals surface area contributed by atoms with Crippen molar-refractivity contribution in [2.45, 2.75) is 19.3 Å². The molecule has 0 radical (unpaired) electrons. The predicted octanol–water partition coefficient (Wildman–Crippen LogP) is 1.04. The number of aromatic nitrogens is 1. The molecule has 0 aliphatic carbocycles. The Labute approximate surface area is 81.9 Å². The third-order valence-corrected chi connectivity index (χ3v) is 2.00. The summed E-state index contributed by atoms with van der Waals surface area (Å²) in [6, 6.07) is 1.97. The minimum Gasteiger partial charge on any atom is -0.478 e. The first-order valence-electron chi connectivity index (χ1n) is 4.29. The molecule has 5 heteroatoms. The lowest BCUT2D eigenvalue weighted by Crippen LogP contribution is -1.97. The summed E-state index contributed by atoms with van der Waals surface area (Å²) in [4.78, 5) is 0. The first kappa shape index (κ1) is 10.5. The highest BCUT2D eigenvalue weighted by molar-refractivity contribution is 5.41. The fourth-order valence-corrected chi connectivity index (χ4v) is 1.19. The molecule has 0 saturated carbocycles. The van der Waals surface area contributed by atoms with Gasteiger partial charge in [-0.05, 0) is 11.6 Å². The summed E-state index contributed by atoms with van der Waals surface area (Å²) in [6.45, 7) is 1.91. The van der Waals surface area contributed by atoms with E-state index in [-0.39, 0.29) is 18.4 Å². The molecular formula is C9H12N2O3. The van der Waals surface area contributed by atoms with Crippen LogP contribution in [-0.4, -0.2) is 24.0 Å². The quantitative estimate of drug-likeness (QED) is 0.778. The molecule has 0 saturated heterocycles. The number of nitriles is 1. The lowest BCUT2D eigenvalue weighted by Gasteiger charge is -2.04. The van der Waals surface area contributed by atoms with Crippen molar-refractivity contribution in [3.8, 4) is 11.9 Å². The van der Waals surface area contributed by atoms with Crippen LogP contribution in [0.25, 0.3) is 0 Å². The molecule has 0 amide bonds. The van der Waals surface area contributed by atoms with Gasteiger partial charge in [-0.1, -0.05) is 6.92 Å². The van der Waals surface area contributed by atoms with Crippen LogP contribution < -0.4 is 4.74 Å². The van der Waals surface area contributed by atoms with Crippen LogP contribution in [0.5, 0.6) is 5.88 Å². The van der Waals surface area contributed by atoms with E-state index in [9.17, 15) is 0 Å². The first-order chi connectivity index (χ1) is 6.74. The van der Waals surface area contributed by atoms with Gasteiger partial charge in [-0.2, -0.15) is 5.26 Å². The van der Waals surface area contributed by atoms with E-state index < -0.39 is 0 Å². The van der Waals surface area contributed by atoms with E-state index in [1.807, 2.05) is 13.0 Å². The summed E-state index contributed by atoms with van der Waals surface area (Å²) in [7, 11) is 1.43. The number of nitrogens with zero attached hydrogens (tertiary/aromatic N) is 2. The molecule has 0 spiro atoms. The lowest BCUT2D eigenvalue weighted by atomic mass is 10.0. The Bertz CT molecular complexity index is 340. The number of hydrogen-bond donors (Lipinski definition) is 1. The molecule has 0 fully saturated rings. The SMILES string of the molecule is COc1noc(C(C)CCO)c1C#N. The van der Waals surface area contributed by atoms with E-state index in [2.05, 4.69) is 5.16 Å². The van der Waals surface area contributed by atoms with Gasteiger partial charge in [-0.25, -0.2) is 0 Å². The van der Waals surface area contributed by atoms with E-state index in [4.69, 9.17) is 19.6 Å². The molecule has 1 heterocycles. The zero-order valence-electron chi connectivity index (χ0n) is 8.15. The maximum Gasteiger partial charge on any atom is 0.272 e. The third kappa shape index (κ3) is 1.86. The van der Waals surface area contributed by atoms with Crippen LogP contribution in [0.2, 0.25) is 0 Å². The Balaban J connectivity index is 2.98. The van der Waals surface area contributed by atoms with Gasteiger partial charge in [-0.15, -0.1) is 0 Å². The van der Waals surface area contributed by atoms with E-state index in [1.54, 1.807) is 0 Å². The van der Waals surface area contributed by atoms with Crippen molar-refractivity contribution < 1.29 is 14.4 Å². The van der Waals surface area contributed by atoms with Gasteiger partial charge in [0.25, 0.3) is 5.88 Å². The van der Waals surface area contributed by atoms with Crippen molar-refractivity contribution in [1.29, 1.82) is 5.26 Å². The monoisotopic (exact) mass is 196 g/mol. The molecule has 0 aliphatic heterocycles. The van der Waals surface area contributed by atoms with Crippen molar-refractivity contribution in [3.63, 3.8) is 0 Å². The van der Waals surface area contributed by atoms with Gasteiger partial charge in [-0.3, -0.25) is 0 Å². The topological polar surface area (TPSA) is 79.3 Å². The Morgan fingerprint density at radius 1 is 1.71 bits per heavy atom. The minimum absolute atomic E-state index is 0.0361. The molecule has 0 bridgehead atoms.